The summed E-state index contributed by atoms with van der Waals surface area (Å²) >= 11 is 0. The summed E-state index contributed by atoms with van der Waals surface area (Å²) in [6.45, 7) is 0. The topological polar surface area (TPSA) is 85.0 Å². The molecule has 0 radical (unpaired) electrons. The normalized spacial score (nSPS) is 36.9. The van der Waals surface area contributed by atoms with Crippen LogP contribution in [0.5, 0.6) is 0 Å². The summed E-state index contributed by atoms with van der Waals surface area (Å²) in [5, 5.41) is 23.0. The zero-order valence-corrected chi connectivity index (χ0v) is 15.3. The molecule has 5 aliphatic rings. The van der Waals surface area contributed by atoms with Gasteiger partial charge in [-0.05, 0) is 68.8 Å². The molecule has 142 valence electrons. The molecule has 7 heteroatoms. The molecule has 0 aliphatic heterocycles. The fourth-order valence-corrected chi connectivity index (χ4v) is 6.17. The molecule has 27 heavy (non-hydrogen) atoms. The van der Waals surface area contributed by atoms with Gasteiger partial charge in [0, 0.05) is 18.4 Å². The maximum absolute atomic E-state index is 13.2. The molecule has 2 aromatic heterocycles. The maximum Gasteiger partial charge on any atom is 0.256 e. The second-order valence-corrected chi connectivity index (χ2v) is 9.20. The predicted octanol–water partition coefficient (Wildman–Crippen LogP) is 2.07. The van der Waals surface area contributed by atoms with Crippen molar-refractivity contribution in [1.29, 1.82) is 0 Å². The Labute approximate surface area is 157 Å². The Morgan fingerprint density at radius 3 is 2.59 bits per heavy atom. The molecule has 7 nitrogen and oxygen atoms in total. The van der Waals surface area contributed by atoms with Gasteiger partial charge in [-0.1, -0.05) is 0 Å². The van der Waals surface area contributed by atoms with Crippen molar-refractivity contribution in [3.05, 3.63) is 30.2 Å². The first-order valence-electron chi connectivity index (χ1n) is 10.2. The number of rotatable bonds is 4. The van der Waals surface area contributed by atoms with E-state index in [2.05, 4.69) is 15.5 Å². The highest BCUT2D eigenvalue weighted by molar-refractivity contribution is 5.97. The van der Waals surface area contributed by atoms with Crippen molar-refractivity contribution < 1.29 is 9.90 Å². The van der Waals surface area contributed by atoms with Crippen LogP contribution < -0.4 is 5.32 Å². The average molecular weight is 367 g/mol. The van der Waals surface area contributed by atoms with Crippen LogP contribution in [0.4, 0.5) is 0 Å². The SMILES string of the molecule is O=C(N[C@H]1C2CC3CC1C[C@](O)(C3)C2)c1cnn(C2CC2)c1-n1cccn1. The largest absolute Gasteiger partial charge is 0.390 e. The van der Waals surface area contributed by atoms with E-state index in [-0.39, 0.29) is 11.9 Å². The molecule has 2 aromatic rings. The monoisotopic (exact) mass is 367 g/mol. The molecule has 2 N–H and O–H groups in total. The van der Waals surface area contributed by atoms with E-state index in [4.69, 9.17) is 0 Å². The Balaban J connectivity index is 1.29. The number of amides is 1. The Bertz CT molecular complexity index is 868. The van der Waals surface area contributed by atoms with Crippen molar-refractivity contribution >= 4 is 5.91 Å². The number of hydrogen-bond donors (Lipinski definition) is 2. The van der Waals surface area contributed by atoms with Gasteiger partial charge in [0.15, 0.2) is 5.82 Å². The summed E-state index contributed by atoms with van der Waals surface area (Å²) in [5.74, 6) is 2.14. The maximum atomic E-state index is 13.2. The Morgan fingerprint density at radius 1 is 1.19 bits per heavy atom. The quantitative estimate of drug-likeness (QED) is 0.866. The highest BCUT2D eigenvalue weighted by atomic mass is 16.3. The van der Waals surface area contributed by atoms with Crippen molar-refractivity contribution in [3.63, 3.8) is 0 Å². The third kappa shape index (κ3) is 2.47. The third-order valence-electron chi connectivity index (χ3n) is 7.17. The van der Waals surface area contributed by atoms with Crippen LogP contribution in [0.2, 0.25) is 0 Å². The summed E-state index contributed by atoms with van der Waals surface area (Å²) in [6.07, 6.45) is 12.4. The van der Waals surface area contributed by atoms with Crippen molar-refractivity contribution in [2.24, 2.45) is 17.8 Å². The summed E-state index contributed by atoms with van der Waals surface area (Å²) in [5.41, 5.74) is 0.118. The molecule has 4 bridgehead atoms. The van der Waals surface area contributed by atoms with Crippen LogP contribution in [-0.2, 0) is 0 Å². The van der Waals surface area contributed by atoms with Crippen LogP contribution in [0.1, 0.15) is 61.3 Å². The van der Waals surface area contributed by atoms with Gasteiger partial charge in [0.05, 0.1) is 17.8 Å². The van der Waals surface area contributed by atoms with Crippen LogP contribution in [0.15, 0.2) is 24.7 Å². The van der Waals surface area contributed by atoms with E-state index in [9.17, 15) is 9.90 Å². The second kappa shape index (κ2) is 5.44. The van der Waals surface area contributed by atoms with Gasteiger partial charge in [-0.2, -0.15) is 10.2 Å². The second-order valence-electron chi connectivity index (χ2n) is 9.20. The van der Waals surface area contributed by atoms with E-state index < -0.39 is 5.60 Å². The van der Waals surface area contributed by atoms with Crippen molar-refractivity contribution in [2.75, 3.05) is 0 Å². The van der Waals surface area contributed by atoms with Crippen LogP contribution >= 0.6 is 0 Å². The number of carbonyl (C=O) groups is 1. The number of aliphatic hydroxyl groups is 1. The third-order valence-corrected chi connectivity index (χ3v) is 7.17. The number of nitrogens with zero attached hydrogens (tertiary/aromatic N) is 4. The van der Waals surface area contributed by atoms with E-state index in [1.165, 1.54) is 0 Å². The molecule has 1 amide bonds. The lowest BCUT2D eigenvalue weighted by atomic mass is 9.52. The van der Waals surface area contributed by atoms with Crippen molar-refractivity contribution in [1.82, 2.24) is 24.9 Å². The van der Waals surface area contributed by atoms with Crippen LogP contribution in [0.3, 0.4) is 0 Å². The minimum absolute atomic E-state index is 0.0585. The van der Waals surface area contributed by atoms with Gasteiger partial charge in [0.2, 0.25) is 0 Å². The average Bonchev–Trinajstić information content (AvgIpc) is 3.15. The Kier molecular flexibility index (Phi) is 3.20. The molecule has 0 aromatic carbocycles. The van der Waals surface area contributed by atoms with Gasteiger partial charge in [0.1, 0.15) is 5.56 Å². The number of carbonyl (C=O) groups excluding carboxylic acids is 1. The summed E-state index contributed by atoms with van der Waals surface area (Å²) in [7, 11) is 0. The lowest BCUT2D eigenvalue weighted by Gasteiger charge is -2.58. The molecular formula is C20H25N5O2. The minimum atomic E-state index is -0.477. The first-order valence-corrected chi connectivity index (χ1v) is 10.2. The molecule has 0 spiro atoms. The predicted molar refractivity (Wildman–Crippen MR) is 97.4 cm³/mol. The first-order chi connectivity index (χ1) is 13.1. The van der Waals surface area contributed by atoms with E-state index in [1.807, 2.05) is 16.9 Å². The lowest BCUT2D eigenvalue weighted by Crippen LogP contribution is -2.61. The van der Waals surface area contributed by atoms with Gasteiger partial charge in [0.25, 0.3) is 5.91 Å². The van der Waals surface area contributed by atoms with Gasteiger partial charge in [-0.15, -0.1) is 0 Å². The fraction of sp³-hybridized carbons (Fsp3) is 0.650. The highest BCUT2D eigenvalue weighted by Crippen LogP contribution is 2.55. The van der Waals surface area contributed by atoms with E-state index in [0.29, 0.717) is 29.4 Å². The van der Waals surface area contributed by atoms with Crippen molar-refractivity contribution in [2.45, 2.75) is 62.6 Å². The standard InChI is InChI=1S/C20H25N5O2/c26-18(23-17-13-6-12-7-14(17)10-20(27,8-12)9-13)16-11-22-25(15-2-3-15)19(16)24-5-1-4-21-24/h1,4-5,11-15,17,27H,2-3,6-10H2,(H,23,26)/t12?,13?,14?,17-,20-. The zero-order chi connectivity index (χ0) is 18.2. The molecule has 5 aliphatic carbocycles. The lowest BCUT2D eigenvalue weighted by molar-refractivity contribution is -0.136. The van der Waals surface area contributed by atoms with Gasteiger partial charge >= 0.3 is 0 Å². The number of nitrogens with one attached hydrogen (secondary N) is 1. The van der Waals surface area contributed by atoms with Gasteiger partial charge in [-0.25, -0.2) is 9.36 Å². The molecule has 2 heterocycles. The number of aromatic nitrogens is 4. The molecule has 7 rings (SSSR count). The van der Waals surface area contributed by atoms with E-state index in [0.717, 1.165) is 50.8 Å². The Morgan fingerprint density at radius 2 is 1.96 bits per heavy atom. The summed E-state index contributed by atoms with van der Waals surface area (Å²) in [4.78, 5) is 13.2. The van der Waals surface area contributed by atoms with Gasteiger partial charge < -0.3 is 10.4 Å². The first kappa shape index (κ1) is 15.9. The van der Waals surface area contributed by atoms with Gasteiger partial charge in [-0.3, -0.25) is 4.79 Å². The fourth-order valence-electron chi connectivity index (χ4n) is 6.17. The summed E-state index contributed by atoms with van der Waals surface area (Å²) in [6, 6.07) is 2.41. The molecule has 2 atom stereocenters. The van der Waals surface area contributed by atoms with Crippen LogP contribution in [-0.4, -0.2) is 42.2 Å². The molecule has 5 saturated carbocycles. The van der Waals surface area contributed by atoms with Crippen LogP contribution in [0, 0.1) is 17.8 Å². The van der Waals surface area contributed by atoms with Crippen LogP contribution in [0.25, 0.3) is 5.82 Å². The van der Waals surface area contributed by atoms with E-state index in [1.54, 1.807) is 17.1 Å². The molecule has 5 fully saturated rings. The molecule has 2 unspecified atom stereocenters. The molecular weight excluding hydrogens is 342 g/mol. The zero-order valence-electron chi connectivity index (χ0n) is 15.3. The van der Waals surface area contributed by atoms with E-state index >= 15 is 0 Å². The van der Waals surface area contributed by atoms with Crippen molar-refractivity contribution in [3.8, 4) is 5.82 Å². The smallest absolute Gasteiger partial charge is 0.256 e. The Hall–Kier alpha value is -2.15. The highest BCUT2D eigenvalue weighted by Gasteiger charge is 2.55. The molecule has 0 saturated heterocycles. The number of hydrogen-bond acceptors (Lipinski definition) is 4. The summed E-state index contributed by atoms with van der Waals surface area (Å²) < 4.78 is 3.70. The minimum Gasteiger partial charge on any atom is -0.390 e.